The van der Waals surface area contributed by atoms with Gasteiger partial charge in [0, 0.05) is 6.42 Å². The number of carbonyl (C=O) groups is 3. The van der Waals surface area contributed by atoms with Crippen LogP contribution in [0.15, 0.2) is 18.2 Å². The first-order valence-corrected chi connectivity index (χ1v) is 10.7. The van der Waals surface area contributed by atoms with Crippen LogP contribution in [-0.2, 0) is 25.5 Å². The van der Waals surface area contributed by atoms with Gasteiger partial charge in [-0.15, -0.1) is 0 Å². The van der Waals surface area contributed by atoms with Crippen molar-refractivity contribution in [3.63, 3.8) is 0 Å². The maximum absolute atomic E-state index is 12.6. The Kier molecular flexibility index (Phi) is 11.0. The Morgan fingerprint density at radius 1 is 1.12 bits per heavy atom. The lowest BCUT2D eigenvalue weighted by atomic mass is 10.0. The van der Waals surface area contributed by atoms with Gasteiger partial charge in [0.05, 0.1) is 32.8 Å². The normalized spacial score (nSPS) is 13.0. The molecule has 9 heteroatoms. The molecule has 1 rings (SSSR count). The highest BCUT2D eigenvalue weighted by Gasteiger charge is 2.27. The summed E-state index contributed by atoms with van der Waals surface area (Å²) in [6.45, 7) is 7.10. The zero-order chi connectivity index (χ0) is 24.3. The quantitative estimate of drug-likeness (QED) is 0.308. The molecule has 180 valence electrons. The van der Waals surface area contributed by atoms with E-state index in [4.69, 9.17) is 14.2 Å². The highest BCUT2D eigenvalue weighted by Crippen LogP contribution is 2.29. The van der Waals surface area contributed by atoms with Crippen molar-refractivity contribution in [2.45, 2.75) is 71.1 Å². The van der Waals surface area contributed by atoms with Gasteiger partial charge in [0.15, 0.2) is 11.5 Å². The van der Waals surface area contributed by atoms with Crippen molar-refractivity contribution in [1.82, 2.24) is 10.6 Å². The summed E-state index contributed by atoms with van der Waals surface area (Å²) in [5.41, 5.74) is -0.452. The Labute approximate surface area is 189 Å². The molecular weight excluding hydrogens is 416 g/mol. The van der Waals surface area contributed by atoms with Gasteiger partial charge >= 0.3 is 5.97 Å². The van der Waals surface area contributed by atoms with Crippen LogP contribution in [0.25, 0.3) is 0 Å². The van der Waals surface area contributed by atoms with Crippen LogP contribution in [-0.4, -0.2) is 61.4 Å². The molecule has 2 atom stereocenters. The van der Waals surface area contributed by atoms with Crippen LogP contribution in [0.3, 0.4) is 0 Å². The largest absolute Gasteiger partial charge is 0.493 e. The van der Waals surface area contributed by atoms with Gasteiger partial charge in [0.2, 0.25) is 11.8 Å². The topological polar surface area (TPSA) is 123 Å². The molecule has 0 aliphatic carbocycles. The summed E-state index contributed by atoms with van der Waals surface area (Å²) in [5.74, 6) is -0.499. The van der Waals surface area contributed by atoms with Crippen LogP contribution in [0, 0.1) is 0 Å². The van der Waals surface area contributed by atoms with E-state index in [9.17, 15) is 19.5 Å². The van der Waals surface area contributed by atoms with Crippen LogP contribution < -0.4 is 20.1 Å². The summed E-state index contributed by atoms with van der Waals surface area (Å²) >= 11 is 0. The number of nitrogens with one attached hydrogen (secondary N) is 2. The van der Waals surface area contributed by atoms with E-state index < -0.39 is 35.5 Å². The second-order valence-electron chi connectivity index (χ2n) is 8.25. The summed E-state index contributed by atoms with van der Waals surface area (Å²) in [6, 6.07) is 3.43. The van der Waals surface area contributed by atoms with Crippen molar-refractivity contribution in [3.05, 3.63) is 23.8 Å². The number of hydrogen-bond donors (Lipinski definition) is 3. The first kappa shape index (κ1) is 27.2. The molecule has 0 radical (unpaired) electrons. The van der Waals surface area contributed by atoms with Crippen LogP contribution in [0.4, 0.5) is 0 Å². The Balaban J connectivity index is 2.89. The maximum Gasteiger partial charge on any atom is 0.328 e. The Morgan fingerprint density at radius 2 is 1.81 bits per heavy atom. The lowest BCUT2D eigenvalue weighted by molar-refractivity contribution is -0.145. The van der Waals surface area contributed by atoms with Gasteiger partial charge in [-0.05, 0) is 44.9 Å². The molecule has 1 aromatic rings. The SMILES string of the molecule is CCCCOc1cc(C[C@H](NC(=O)[C@@H](C)NC(=O)CC(C)(C)O)C(=O)OC)ccc1OC. The van der Waals surface area contributed by atoms with E-state index in [2.05, 4.69) is 17.6 Å². The zero-order valence-corrected chi connectivity index (χ0v) is 19.8. The summed E-state index contributed by atoms with van der Waals surface area (Å²) in [4.78, 5) is 36.8. The highest BCUT2D eigenvalue weighted by molar-refractivity contribution is 5.90. The van der Waals surface area contributed by atoms with Gasteiger partial charge in [-0.25, -0.2) is 4.79 Å². The summed E-state index contributed by atoms with van der Waals surface area (Å²) in [7, 11) is 2.79. The molecule has 3 N–H and O–H groups in total. The molecule has 0 saturated heterocycles. The van der Waals surface area contributed by atoms with Gasteiger partial charge in [0.25, 0.3) is 0 Å². The van der Waals surface area contributed by atoms with Gasteiger partial charge in [0.1, 0.15) is 12.1 Å². The molecule has 0 heterocycles. The number of esters is 1. The van der Waals surface area contributed by atoms with Crippen molar-refractivity contribution in [3.8, 4) is 11.5 Å². The Hall–Kier alpha value is -2.81. The minimum atomic E-state index is -1.19. The van der Waals surface area contributed by atoms with E-state index in [0.29, 0.717) is 18.1 Å². The molecule has 0 unspecified atom stereocenters. The van der Waals surface area contributed by atoms with E-state index in [0.717, 1.165) is 18.4 Å². The molecule has 2 amide bonds. The molecule has 0 aromatic heterocycles. The van der Waals surface area contributed by atoms with Crippen molar-refractivity contribution < 1.29 is 33.7 Å². The van der Waals surface area contributed by atoms with Gasteiger partial charge in [-0.2, -0.15) is 0 Å². The van der Waals surface area contributed by atoms with Gasteiger partial charge in [-0.1, -0.05) is 19.4 Å². The number of ether oxygens (including phenoxy) is 3. The smallest absolute Gasteiger partial charge is 0.328 e. The van der Waals surface area contributed by atoms with Crippen LogP contribution >= 0.6 is 0 Å². The molecule has 0 saturated carbocycles. The lowest BCUT2D eigenvalue weighted by Gasteiger charge is -2.22. The molecule has 0 aliphatic heterocycles. The van der Waals surface area contributed by atoms with E-state index >= 15 is 0 Å². The number of aliphatic hydroxyl groups is 1. The molecule has 1 aromatic carbocycles. The van der Waals surface area contributed by atoms with Crippen LogP contribution in [0.1, 0.15) is 52.5 Å². The minimum Gasteiger partial charge on any atom is -0.493 e. The van der Waals surface area contributed by atoms with E-state index in [-0.39, 0.29) is 12.8 Å². The third-order valence-corrected chi connectivity index (χ3v) is 4.59. The molecule has 0 fully saturated rings. The fraction of sp³-hybridized carbons (Fsp3) is 0.609. The van der Waals surface area contributed by atoms with Crippen molar-refractivity contribution in [2.75, 3.05) is 20.8 Å². The number of rotatable bonds is 13. The fourth-order valence-corrected chi connectivity index (χ4v) is 2.91. The Bertz CT molecular complexity index is 774. The fourth-order valence-electron chi connectivity index (χ4n) is 2.91. The van der Waals surface area contributed by atoms with Gasteiger partial charge < -0.3 is 30.0 Å². The number of carbonyl (C=O) groups excluding carboxylic acids is 3. The lowest BCUT2D eigenvalue weighted by Crippen LogP contribution is -2.51. The standard InChI is InChI=1S/C23H36N2O7/c1-7-8-11-32-19-13-16(9-10-18(19)30-5)12-17(22(28)31-6)25-21(27)15(2)24-20(26)14-23(3,4)29/h9-10,13,15,17,29H,7-8,11-12,14H2,1-6H3,(H,24,26)(H,25,27)/t15-,17+/m1/s1. The average molecular weight is 453 g/mol. The third kappa shape index (κ3) is 9.55. The molecule has 0 bridgehead atoms. The molecule has 0 aliphatic rings. The van der Waals surface area contributed by atoms with Crippen molar-refractivity contribution in [2.24, 2.45) is 0 Å². The first-order valence-electron chi connectivity index (χ1n) is 10.7. The predicted molar refractivity (Wildman–Crippen MR) is 120 cm³/mol. The molecule has 9 nitrogen and oxygen atoms in total. The second kappa shape index (κ2) is 12.9. The zero-order valence-electron chi connectivity index (χ0n) is 19.8. The average Bonchev–Trinajstić information content (AvgIpc) is 2.71. The van der Waals surface area contributed by atoms with Crippen molar-refractivity contribution >= 4 is 17.8 Å². The highest BCUT2D eigenvalue weighted by atomic mass is 16.5. The molecule has 32 heavy (non-hydrogen) atoms. The van der Waals surface area contributed by atoms with E-state index in [1.807, 2.05) is 0 Å². The maximum atomic E-state index is 12.6. The number of hydrogen-bond acceptors (Lipinski definition) is 7. The second-order valence-corrected chi connectivity index (χ2v) is 8.25. The molecular formula is C23H36N2O7. The number of benzene rings is 1. The number of methoxy groups -OCH3 is 2. The van der Waals surface area contributed by atoms with Gasteiger partial charge in [-0.3, -0.25) is 9.59 Å². The van der Waals surface area contributed by atoms with Crippen molar-refractivity contribution in [1.29, 1.82) is 0 Å². The minimum absolute atomic E-state index is 0.155. The Morgan fingerprint density at radius 3 is 2.38 bits per heavy atom. The van der Waals surface area contributed by atoms with Crippen LogP contribution in [0.2, 0.25) is 0 Å². The third-order valence-electron chi connectivity index (χ3n) is 4.59. The predicted octanol–water partition coefficient (Wildman–Crippen LogP) is 1.74. The van der Waals surface area contributed by atoms with E-state index in [1.165, 1.54) is 27.9 Å². The van der Waals surface area contributed by atoms with Crippen LogP contribution in [0.5, 0.6) is 11.5 Å². The summed E-state index contributed by atoms with van der Waals surface area (Å²) < 4.78 is 15.9. The summed E-state index contributed by atoms with van der Waals surface area (Å²) in [5, 5.41) is 14.9. The molecule has 0 spiro atoms. The monoisotopic (exact) mass is 452 g/mol. The number of unbranched alkanes of at least 4 members (excludes halogenated alkanes) is 1. The first-order chi connectivity index (χ1) is 15.0. The number of amides is 2. The van der Waals surface area contributed by atoms with E-state index in [1.54, 1.807) is 25.3 Å². The summed E-state index contributed by atoms with van der Waals surface area (Å²) in [6.07, 6.45) is 1.89.